The van der Waals surface area contributed by atoms with Gasteiger partial charge in [0, 0.05) is 32.3 Å². The third-order valence-corrected chi connectivity index (χ3v) is 5.19. The monoisotopic (exact) mass is 318 g/mol. The molecule has 0 radical (unpaired) electrons. The Balaban J connectivity index is 1.43. The molecule has 2 atom stereocenters. The third-order valence-electron chi connectivity index (χ3n) is 5.19. The summed E-state index contributed by atoms with van der Waals surface area (Å²) in [6.07, 6.45) is 3.80. The Hall–Kier alpha value is -1.10. The van der Waals surface area contributed by atoms with Crippen molar-refractivity contribution in [2.45, 2.75) is 44.9 Å². The number of ether oxygens (including phenoxy) is 2. The number of nitrogens with one attached hydrogen (secondary N) is 1. The lowest BCUT2D eigenvalue weighted by molar-refractivity contribution is 0.114. The largest absolute Gasteiger partial charge is 0.490 e. The smallest absolute Gasteiger partial charge is 0.119 e. The number of hydrogen-bond donors (Lipinski definition) is 1. The molecule has 2 aliphatic rings. The molecule has 2 heterocycles. The standard InChI is InChI=1S/C19H30N2O2/c1-15(17-9-12-22-14-17)20-13-16-3-5-18(6-4-16)23-19-7-10-21(2)11-8-19/h3-6,15,17,19-20H,7-14H2,1-2H3/t15-,17+/m0/s1. The molecule has 0 saturated carbocycles. The minimum absolute atomic E-state index is 0.373. The van der Waals surface area contributed by atoms with Gasteiger partial charge in [-0.1, -0.05) is 12.1 Å². The summed E-state index contributed by atoms with van der Waals surface area (Å²) in [5.74, 6) is 1.66. The van der Waals surface area contributed by atoms with Crippen molar-refractivity contribution in [3.63, 3.8) is 0 Å². The van der Waals surface area contributed by atoms with Crippen LogP contribution < -0.4 is 10.1 Å². The van der Waals surface area contributed by atoms with E-state index < -0.39 is 0 Å². The van der Waals surface area contributed by atoms with E-state index in [1.807, 2.05) is 0 Å². The summed E-state index contributed by atoms with van der Waals surface area (Å²) in [6.45, 7) is 7.26. The molecule has 0 unspecified atom stereocenters. The topological polar surface area (TPSA) is 33.7 Å². The average molecular weight is 318 g/mol. The number of benzene rings is 1. The molecule has 128 valence electrons. The van der Waals surface area contributed by atoms with Gasteiger partial charge < -0.3 is 19.7 Å². The van der Waals surface area contributed by atoms with Crippen molar-refractivity contribution in [3.8, 4) is 5.75 Å². The van der Waals surface area contributed by atoms with Gasteiger partial charge in [0.25, 0.3) is 0 Å². The molecule has 0 aliphatic carbocycles. The molecule has 0 spiro atoms. The Morgan fingerprint density at radius 1 is 1.22 bits per heavy atom. The minimum Gasteiger partial charge on any atom is -0.490 e. The van der Waals surface area contributed by atoms with E-state index in [0.29, 0.717) is 18.1 Å². The van der Waals surface area contributed by atoms with E-state index in [2.05, 4.69) is 48.5 Å². The Bertz CT molecular complexity index is 463. The van der Waals surface area contributed by atoms with Gasteiger partial charge in [-0.3, -0.25) is 0 Å². The zero-order valence-electron chi connectivity index (χ0n) is 14.5. The molecule has 1 aromatic rings. The number of rotatable bonds is 6. The molecular formula is C19H30N2O2. The Morgan fingerprint density at radius 2 is 1.96 bits per heavy atom. The summed E-state index contributed by atoms with van der Waals surface area (Å²) in [6, 6.07) is 9.08. The van der Waals surface area contributed by atoms with E-state index in [1.54, 1.807) is 0 Å². The molecule has 23 heavy (non-hydrogen) atoms. The second kappa shape index (κ2) is 8.13. The van der Waals surface area contributed by atoms with Gasteiger partial charge in [0.2, 0.25) is 0 Å². The first-order chi connectivity index (χ1) is 11.2. The molecule has 3 rings (SSSR count). The SMILES string of the molecule is C[C@H](NCc1ccc(OC2CCN(C)CC2)cc1)[C@@H]1CCOC1. The number of hydrogen-bond acceptors (Lipinski definition) is 4. The van der Waals surface area contributed by atoms with Gasteiger partial charge in [0.1, 0.15) is 11.9 Å². The van der Waals surface area contributed by atoms with Crippen molar-refractivity contribution in [2.75, 3.05) is 33.4 Å². The predicted molar refractivity (Wildman–Crippen MR) is 92.8 cm³/mol. The Morgan fingerprint density at radius 3 is 2.61 bits per heavy atom. The van der Waals surface area contributed by atoms with Crippen molar-refractivity contribution in [3.05, 3.63) is 29.8 Å². The van der Waals surface area contributed by atoms with Crippen LogP contribution in [0, 0.1) is 5.92 Å². The Labute approximate surface area is 140 Å². The summed E-state index contributed by atoms with van der Waals surface area (Å²) < 4.78 is 11.6. The fraction of sp³-hybridized carbons (Fsp3) is 0.684. The molecule has 2 saturated heterocycles. The van der Waals surface area contributed by atoms with Crippen LogP contribution in [0.25, 0.3) is 0 Å². The zero-order chi connectivity index (χ0) is 16.1. The number of nitrogens with zero attached hydrogens (tertiary/aromatic N) is 1. The second-order valence-corrected chi connectivity index (χ2v) is 7.06. The lowest BCUT2D eigenvalue weighted by Gasteiger charge is -2.29. The highest BCUT2D eigenvalue weighted by Gasteiger charge is 2.21. The number of piperidine rings is 1. The first-order valence-corrected chi connectivity index (χ1v) is 8.96. The van der Waals surface area contributed by atoms with Crippen molar-refractivity contribution in [1.29, 1.82) is 0 Å². The minimum atomic E-state index is 0.373. The van der Waals surface area contributed by atoms with Crippen LogP contribution in [0.5, 0.6) is 5.75 Å². The maximum absolute atomic E-state index is 6.10. The maximum Gasteiger partial charge on any atom is 0.119 e. The summed E-state index contributed by atoms with van der Waals surface area (Å²) >= 11 is 0. The zero-order valence-corrected chi connectivity index (χ0v) is 14.5. The molecular weight excluding hydrogens is 288 g/mol. The van der Waals surface area contributed by atoms with Gasteiger partial charge in [-0.15, -0.1) is 0 Å². The van der Waals surface area contributed by atoms with Gasteiger partial charge in [-0.25, -0.2) is 0 Å². The van der Waals surface area contributed by atoms with Gasteiger partial charge in [-0.05, 0) is 56.8 Å². The highest BCUT2D eigenvalue weighted by Crippen LogP contribution is 2.20. The lowest BCUT2D eigenvalue weighted by atomic mass is 10.0. The fourth-order valence-corrected chi connectivity index (χ4v) is 3.37. The van der Waals surface area contributed by atoms with Gasteiger partial charge in [0.15, 0.2) is 0 Å². The van der Waals surface area contributed by atoms with Crippen molar-refractivity contribution >= 4 is 0 Å². The van der Waals surface area contributed by atoms with E-state index in [0.717, 1.165) is 51.4 Å². The van der Waals surface area contributed by atoms with Gasteiger partial charge in [0.05, 0.1) is 6.61 Å². The molecule has 1 N–H and O–H groups in total. The molecule has 4 heteroatoms. The Kier molecular flexibility index (Phi) is 5.92. The average Bonchev–Trinajstić information content (AvgIpc) is 3.11. The quantitative estimate of drug-likeness (QED) is 0.874. The van der Waals surface area contributed by atoms with Gasteiger partial charge >= 0.3 is 0 Å². The molecule has 0 aromatic heterocycles. The normalized spacial score (nSPS) is 24.7. The molecule has 2 fully saturated rings. The summed E-state index contributed by atoms with van der Waals surface area (Å²) in [7, 11) is 2.18. The highest BCUT2D eigenvalue weighted by molar-refractivity contribution is 5.27. The van der Waals surface area contributed by atoms with Gasteiger partial charge in [-0.2, -0.15) is 0 Å². The van der Waals surface area contributed by atoms with Crippen LogP contribution in [0.2, 0.25) is 0 Å². The predicted octanol–water partition coefficient (Wildman–Crippen LogP) is 2.67. The first-order valence-electron chi connectivity index (χ1n) is 8.96. The molecule has 0 amide bonds. The molecule has 4 nitrogen and oxygen atoms in total. The fourth-order valence-electron chi connectivity index (χ4n) is 3.37. The summed E-state index contributed by atoms with van der Waals surface area (Å²) in [5.41, 5.74) is 1.31. The molecule has 2 aliphatic heterocycles. The third kappa shape index (κ3) is 4.93. The van der Waals surface area contributed by atoms with Crippen molar-refractivity contribution < 1.29 is 9.47 Å². The van der Waals surface area contributed by atoms with Crippen LogP contribution in [0.3, 0.4) is 0 Å². The molecule has 0 bridgehead atoms. The number of likely N-dealkylation sites (tertiary alicyclic amines) is 1. The maximum atomic E-state index is 6.10. The van der Waals surface area contributed by atoms with Crippen LogP contribution in [-0.2, 0) is 11.3 Å². The van der Waals surface area contributed by atoms with Crippen LogP contribution >= 0.6 is 0 Å². The van der Waals surface area contributed by atoms with Crippen LogP contribution in [-0.4, -0.2) is 50.4 Å². The van der Waals surface area contributed by atoms with E-state index in [4.69, 9.17) is 9.47 Å². The van der Waals surface area contributed by atoms with Crippen LogP contribution in [0.1, 0.15) is 31.7 Å². The van der Waals surface area contributed by atoms with Crippen LogP contribution in [0.4, 0.5) is 0 Å². The van der Waals surface area contributed by atoms with E-state index in [1.165, 1.54) is 12.0 Å². The second-order valence-electron chi connectivity index (χ2n) is 7.06. The van der Waals surface area contributed by atoms with E-state index in [-0.39, 0.29) is 0 Å². The lowest BCUT2D eigenvalue weighted by Crippen LogP contribution is -2.35. The van der Waals surface area contributed by atoms with E-state index in [9.17, 15) is 0 Å². The van der Waals surface area contributed by atoms with Crippen molar-refractivity contribution in [2.24, 2.45) is 5.92 Å². The highest BCUT2D eigenvalue weighted by atomic mass is 16.5. The van der Waals surface area contributed by atoms with Crippen molar-refractivity contribution in [1.82, 2.24) is 10.2 Å². The molecule has 1 aromatic carbocycles. The van der Waals surface area contributed by atoms with Crippen LogP contribution in [0.15, 0.2) is 24.3 Å². The summed E-state index contributed by atoms with van der Waals surface area (Å²) in [4.78, 5) is 2.37. The van der Waals surface area contributed by atoms with E-state index >= 15 is 0 Å². The first kappa shape index (κ1) is 16.7. The summed E-state index contributed by atoms with van der Waals surface area (Å²) in [5, 5.41) is 3.62.